The summed E-state index contributed by atoms with van der Waals surface area (Å²) in [6, 6.07) is 3.20. The SMILES string of the molecule is Nc1nc2cnc(C(=O)N3CCOc4cc(C(F)(F)F)cc(Cl)c43)cc2c2c1COC2. The fourth-order valence-electron chi connectivity index (χ4n) is 3.80. The normalized spacial score (nSPS) is 15.5. The van der Waals surface area contributed by atoms with Gasteiger partial charge in [0.15, 0.2) is 0 Å². The zero-order valence-corrected chi connectivity index (χ0v) is 16.5. The Bertz CT molecular complexity index is 1250. The maximum atomic E-state index is 13.3. The number of hydrogen-bond donors (Lipinski definition) is 1. The highest BCUT2D eigenvalue weighted by atomic mass is 35.5. The number of ether oxygens (including phenoxy) is 2. The average Bonchev–Trinajstić information content (AvgIpc) is 3.23. The van der Waals surface area contributed by atoms with E-state index in [1.54, 1.807) is 6.07 Å². The molecule has 0 radical (unpaired) electrons. The Labute approximate surface area is 178 Å². The minimum absolute atomic E-state index is 0.0191. The number of hydrogen-bond acceptors (Lipinski definition) is 6. The van der Waals surface area contributed by atoms with E-state index in [9.17, 15) is 18.0 Å². The van der Waals surface area contributed by atoms with Crippen molar-refractivity contribution in [2.75, 3.05) is 23.8 Å². The van der Waals surface area contributed by atoms with Gasteiger partial charge in [0.25, 0.3) is 5.91 Å². The summed E-state index contributed by atoms with van der Waals surface area (Å²) in [5.74, 6) is -0.267. The first kappa shape index (κ1) is 19.8. The Kier molecular flexibility index (Phi) is 4.45. The first-order valence-corrected chi connectivity index (χ1v) is 9.62. The van der Waals surface area contributed by atoms with E-state index in [0.29, 0.717) is 29.9 Å². The number of benzene rings is 1. The van der Waals surface area contributed by atoms with Gasteiger partial charge in [-0.1, -0.05) is 11.6 Å². The zero-order valence-electron chi connectivity index (χ0n) is 15.8. The van der Waals surface area contributed by atoms with Gasteiger partial charge in [0, 0.05) is 10.9 Å². The number of rotatable bonds is 1. The number of aromatic nitrogens is 2. The summed E-state index contributed by atoms with van der Waals surface area (Å²) in [4.78, 5) is 23.0. The van der Waals surface area contributed by atoms with Crippen LogP contribution in [0.25, 0.3) is 10.9 Å². The Balaban J connectivity index is 1.58. The predicted octanol–water partition coefficient (Wildman–Crippen LogP) is 3.95. The summed E-state index contributed by atoms with van der Waals surface area (Å²) in [6.07, 6.45) is -3.15. The third-order valence-corrected chi connectivity index (χ3v) is 5.57. The molecule has 1 amide bonds. The Morgan fingerprint density at radius 2 is 1.97 bits per heavy atom. The predicted molar refractivity (Wildman–Crippen MR) is 106 cm³/mol. The van der Waals surface area contributed by atoms with E-state index in [1.807, 2.05) is 0 Å². The van der Waals surface area contributed by atoms with Crippen molar-refractivity contribution >= 4 is 39.9 Å². The number of carbonyl (C=O) groups excluding carboxylic acids is 1. The van der Waals surface area contributed by atoms with Crippen LogP contribution in [-0.4, -0.2) is 29.0 Å². The molecule has 0 unspecified atom stereocenters. The van der Waals surface area contributed by atoms with Crippen molar-refractivity contribution in [2.24, 2.45) is 0 Å². The first-order chi connectivity index (χ1) is 14.7. The van der Waals surface area contributed by atoms with Crippen molar-refractivity contribution in [1.82, 2.24) is 9.97 Å². The van der Waals surface area contributed by atoms with Gasteiger partial charge < -0.3 is 15.2 Å². The van der Waals surface area contributed by atoms with Crippen molar-refractivity contribution in [3.8, 4) is 5.75 Å². The molecule has 2 aromatic heterocycles. The molecule has 0 atom stereocenters. The van der Waals surface area contributed by atoms with Crippen molar-refractivity contribution in [3.63, 3.8) is 0 Å². The number of carbonyl (C=O) groups is 1. The molecule has 160 valence electrons. The molecule has 11 heteroatoms. The van der Waals surface area contributed by atoms with Crippen molar-refractivity contribution in [1.29, 1.82) is 0 Å². The van der Waals surface area contributed by atoms with Crippen molar-refractivity contribution < 1.29 is 27.4 Å². The van der Waals surface area contributed by atoms with E-state index in [4.69, 9.17) is 26.8 Å². The van der Waals surface area contributed by atoms with Crippen molar-refractivity contribution in [3.05, 3.63) is 51.8 Å². The molecule has 2 aliphatic heterocycles. The molecule has 1 aromatic carbocycles. The van der Waals surface area contributed by atoms with E-state index < -0.39 is 17.6 Å². The van der Waals surface area contributed by atoms with Crippen LogP contribution in [-0.2, 0) is 24.1 Å². The largest absolute Gasteiger partial charge is 0.489 e. The highest BCUT2D eigenvalue weighted by Gasteiger charge is 2.35. The van der Waals surface area contributed by atoms with Gasteiger partial charge in [-0.25, -0.2) is 9.97 Å². The molecule has 0 bridgehead atoms. The van der Waals surface area contributed by atoms with Crippen LogP contribution in [0.3, 0.4) is 0 Å². The molecule has 0 saturated carbocycles. The lowest BCUT2D eigenvalue weighted by molar-refractivity contribution is -0.137. The molecular weight excluding hydrogens is 437 g/mol. The lowest BCUT2D eigenvalue weighted by Gasteiger charge is -2.30. The average molecular weight is 451 g/mol. The fourth-order valence-corrected chi connectivity index (χ4v) is 4.11. The summed E-state index contributed by atoms with van der Waals surface area (Å²) >= 11 is 6.13. The monoisotopic (exact) mass is 450 g/mol. The summed E-state index contributed by atoms with van der Waals surface area (Å²) in [7, 11) is 0. The van der Waals surface area contributed by atoms with Crippen LogP contribution in [0.1, 0.15) is 27.2 Å². The second-order valence-electron chi connectivity index (χ2n) is 7.14. The lowest BCUT2D eigenvalue weighted by atomic mass is 10.0. The molecule has 0 spiro atoms. The zero-order chi connectivity index (χ0) is 21.9. The minimum atomic E-state index is -4.59. The molecular formula is C20H14ClF3N4O3. The molecule has 2 N–H and O–H groups in total. The molecule has 3 aromatic rings. The molecule has 31 heavy (non-hydrogen) atoms. The summed E-state index contributed by atoms with van der Waals surface area (Å²) in [6.45, 7) is 0.801. The van der Waals surface area contributed by atoms with Crippen LogP contribution in [0.2, 0.25) is 5.02 Å². The quantitative estimate of drug-likeness (QED) is 0.603. The van der Waals surface area contributed by atoms with Gasteiger partial charge >= 0.3 is 6.18 Å². The minimum Gasteiger partial charge on any atom is -0.489 e. The first-order valence-electron chi connectivity index (χ1n) is 9.24. The van der Waals surface area contributed by atoms with E-state index in [-0.39, 0.29) is 35.3 Å². The van der Waals surface area contributed by atoms with Crippen LogP contribution < -0.4 is 15.4 Å². The van der Waals surface area contributed by atoms with Gasteiger partial charge in [-0.15, -0.1) is 0 Å². The molecule has 0 aliphatic carbocycles. The molecule has 5 rings (SSSR count). The molecule has 0 saturated heterocycles. The standard InChI is InChI=1S/C20H14ClF3N4O3/c21-13-3-9(20(22,23)24)4-16-17(13)28(1-2-31-16)19(29)14-5-10-11-7-30-8-12(11)18(25)27-15(10)6-26-14/h3-6H,1-2,7-8H2,(H2,25,27). The third kappa shape index (κ3) is 3.22. The fraction of sp³-hybridized carbons (Fsp3) is 0.250. The van der Waals surface area contributed by atoms with Crippen LogP contribution in [0.4, 0.5) is 24.7 Å². The number of nitrogens with two attached hydrogens (primary N) is 1. The van der Waals surface area contributed by atoms with Crippen molar-refractivity contribution in [2.45, 2.75) is 19.4 Å². The second kappa shape index (κ2) is 6.96. The summed E-state index contributed by atoms with van der Waals surface area (Å²) in [5, 5.41) is 0.453. The topological polar surface area (TPSA) is 90.6 Å². The smallest absolute Gasteiger partial charge is 0.416 e. The summed E-state index contributed by atoms with van der Waals surface area (Å²) in [5.41, 5.74) is 7.33. The van der Waals surface area contributed by atoms with Gasteiger partial charge in [-0.3, -0.25) is 9.69 Å². The number of nitrogens with zero attached hydrogens (tertiary/aromatic N) is 3. The van der Waals surface area contributed by atoms with Crippen LogP contribution in [0.15, 0.2) is 24.4 Å². The third-order valence-electron chi connectivity index (χ3n) is 5.28. The number of pyridine rings is 2. The maximum absolute atomic E-state index is 13.3. The van der Waals surface area contributed by atoms with E-state index >= 15 is 0 Å². The summed E-state index contributed by atoms with van der Waals surface area (Å²) < 4.78 is 50.2. The maximum Gasteiger partial charge on any atom is 0.416 e. The number of nitrogen functional groups attached to an aromatic ring is 1. The number of alkyl halides is 3. The lowest BCUT2D eigenvalue weighted by Crippen LogP contribution is -2.38. The van der Waals surface area contributed by atoms with Gasteiger partial charge in [0.1, 0.15) is 29.6 Å². The number of fused-ring (bicyclic) bond motifs is 4. The van der Waals surface area contributed by atoms with E-state index in [1.165, 1.54) is 11.1 Å². The Hall–Kier alpha value is -3.11. The number of amides is 1. The van der Waals surface area contributed by atoms with Gasteiger partial charge in [0.2, 0.25) is 0 Å². The molecule has 0 fully saturated rings. The highest BCUT2D eigenvalue weighted by molar-refractivity contribution is 6.34. The molecule has 2 aliphatic rings. The van der Waals surface area contributed by atoms with Crippen LogP contribution in [0, 0.1) is 0 Å². The van der Waals surface area contributed by atoms with E-state index in [2.05, 4.69) is 9.97 Å². The molecule has 7 nitrogen and oxygen atoms in total. The van der Waals surface area contributed by atoms with Gasteiger partial charge in [0.05, 0.1) is 42.1 Å². The van der Waals surface area contributed by atoms with Crippen LogP contribution in [0.5, 0.6) is 5.75 Å². The van der Waals surface area contributed by atoms with Crippen LogP contribution >= 0.6 is 11.6 Å². The van der Waals surface area contributed by atoms with E-state index in [0.717, 1.165) is 23.3 Å². The second-order valence-corrected chi connectivity index (χ2v) is 7.55. The Morgan fingerprint density at radius 1 is 1.19 bits per heavy atom. The molecule has 4 heterocycles. The number of halogens is 4. The number of anilines is 2. The van der Waals surface area contributed by atoms with Gasteiger partial charge in [-0.05, 0) is 23.8 Å². The highest BCUT2D eigenvalue weighted by Crippen LogP contribution is 2.44. The Morgan fingerprint density at radius 3 is 2.74 bits per heavy atom. The van der Waals surface area contributed by atoms with Gasteiger partial charge in [-0.2, -0.15) is 13.2 Å².